The van der Waals surface area contributed by atoms with Crippen molar-refractivity contribution in [2.24, 2.45) is 11.8 Å². The van der Waals surface area contributed by atoms with Gasteiger partial charge in [0.2, 0.25) is 11.8 Å². The molecule has 3 rings (SSSR count). The summed E-state index contributed by atoms with van der Waals surface area (Å²) in [6.07, 6.45) is 11.0. The maximum Gasteiger partial charge on any atom is 0.223 e. The highest BCUT2D eigenvalue weighted by molar-refractivity contribution is 5.81. The van der Waals surface area contributed by atoms with Gasteiger partial charge in [-0.3, -0.25) is 14.6 Å². The summed E-state index contributed by atoms with van der Waals surface area (Å²) in [5.74, 6) is 0.417. The molecule has 0 unspecified atom stereocenters. The molecule has 25 heavy (non-hydrogen) atoms. The van der Waals surface area contributed by atoms with E-state index in [0.717, 1.165) is 44.2 Å². The molecular formula is C20H29N3O2. The van der Waals surface area contributed by atoms with Gasteiger partial charge in [-0.2, -0.15) is 0 Å². The summed E-state index contributed by atoms with van der Waals surface area (Å²) in [4.78, 5) is 29.0. The third-order valence-corrected chi connectivity index (χ3v) is 5.59. The van der Waals surface area contributed by atoms with Crippen molar-refractivity contribution < 1.29 is 9.59 Å². The zero-order valence-corrected chi connectivity index (χ0v) is 14.9. The molecular weight excluding hydrogens is 314 g/mol. The molecule has 0 spiro atoms. The van der Waals surface area contributed by atoms with Gasteiger partial charge in [0, 0.05) is 24.1 Å². The highest BCUT2D eigenvalue weighted by Gasteiger charge is 2.30. The largest absolute Gasteiger partial charge is 0.353 e. The number of pyridine rings is 1. The zero-order valence-electron chi connectivity index (χ0n) is 14.9. The molecule has 0 bridgehead atoms. The average molecular weight is 343 g/mol. The van der Waals surface area contributed by atoms with Crippen LogP contribution in [0.1, 0.15) is 63.5 Å². The molecule has 2 N–H and O–H groups in total. The maximum atomic E-state index is 12.4. The first-order valence-electron chi connectivity index (χ1n) is 9.70. The van der Waals surface area contributed by atoms with Gasteiger partial charge in [0.15, 0.2) is 0 Å². The van der Waals surface area contributed by atoms with Gasteiger partial charge in [-0.25, -0.2) is 0 Å². The normalized spacial score (nSPS) is 24.5. The Kier molecular flexibility index (Phi) is 6.42. The van der Waals surface area contributed by atoms with Crippen molar-refractivity contribution in [2.75, 3.05) is 0 Å². The van der Waals surface area contributed by atoms with Crippen molar-refractivity contribution in [3.8, 4) is 0 Å². The first kappa shape index (κ1) is 17.9. The Labute approximate surface area is 150 Å². The van der Waals surface area contributed by atoms with Crippen molar-refractivity contribution in [1.82, 2.24) is 15.6 Å². The van der Waals surface area contributed by atoms with Crippen LogP contribution in [0.5, 0.6) is 0 Å². The summed E-state index contributed by atoms with van der Waals surface area (Å²) in [6.45, 7) is 0.474. The molecule has 136 valence electrons. The van der Waals surface area contributed by atoms with Gasteiger partial charge in [0.25, 0.3) is 0 Å². The van der Waals surface area contributed by atoms with E-state index in [0.29, 0.717) is 12.6 Å². The Morgan fingerprint density at radius 2 is 1.60 bits per heavy atom. The van der Waals surface area contributed by atoms with E-state index in [1.807, 2.05) is 18.2 Å². The van der Waals surface area contributed by atoms with Crippen molar-refractivity contribution in [2.45, 2.75) is 70.4 Å². The van der Waals surface area contributed by atoms with Crippen LogP contribution < -0.4 is 10.6 Å². The summed E-state index contributed by atoms with van der Waals surface area (Å²) in [6, 6.07) is 6.07. The van der Waals surface area contributed by atoms with E-state index in [1.54, 1.807) is 6.20 Å². The van der Waals surface area contributed by atoms with Crippen LogP contribution in [-0.2, 0) is 16.1 Å². The fraction of sp³-hybridized carbons (Fsp3) is 0.650. The minimum Gasteiger partial charge on any atom is -0.353 e. The van der Waals surface area contributed by atoms with Crippen molar-refractivity contribution >= 4 is 11.8 Å². The number of carbonyl (C=O) groups excluding carboxylic acids is 2. The Balaban J connectivity index is 1.38. The van der Waals surface area contributed by atoms with Crippen LogP contribution >= 0.6 is 0 Å². The average Bonchev–Trinajstić information content (AvgIpc) is 2.68. The summed E-state index contributed by atoms with van der Waals surface area (Å²) in [5, 5.41) is 6.21. The van der Waals surface area contributed by atoms with Gasteiger partial charge in [-0.15, -0.1) is 0 Å². The minimum absolute atomic E-state index is 0.0300. The summed E-state index contributed by atoms with van der Waals surface area (Å²) in [5.41, 5.74) is 0.872. The zero-order chi connectivity index (χ0) is 17.5. The molecule has 1 aromatic heterocycles. The summed E-state index contributed by atoms with van der Waals surface area (Å²) < 4.78 is 0. The van der Waals surface area contributed by atoms with E-state index in [-0.39, 0.29) is 23.7 Å². The molecule has 2 aliphatic carbocycles. The predicted molar refractivity (Wildman–Crippen MR) is 96.5 cm³/mol. The van der Waals surface area contributed by atoms with Crippen molar-refractivity contribution in [1.29, 1.82) is 0 Å². The summed E-state index contributed by atoms with van der Waals surface area (Å²) in [7, 11) is 0. The molecule has 2 amide bonds. The Morgan fingerprint density at radius 3 is 2.24 bits per heavy atom. The number of carbonyl (C=O) groups is 2. The molecule has 0 aliphatic heterocycles. The van der Waals surface area contributed by atoms with Gasteiger partial charge in [0.1, 0.15) is 0 Å². The van der Waals surface area contributed by atoms with Gasteiger partial charge in [-0.05, 0) is 50.7 Å². The topological polar surface area (TPSA) is 71.1 Å². The van der Waals surface area contributed by atoms with E-state index in [4.69, 9.17) is 0 Å². The van der Waals surface area contributed by atoms with Crippen molar-refractivity contribution in [3.05, 3.63) is 30.1 Å². The SMILES string of the molecule is O=C(NCc1ccccn1)C1CCC(C(=O)NC2CCCCC2)CC1. The smallest absolute Gasteiger partial charge is 0.223 e. The molecule has 1 heterocycles. The third kappa shape index (κ3) is 5.28. The molecule has 5 nitrogen and oxygen atoms in total. The highest BCUT2D eigenvalue weighted by atomic mass is 16.2. The Hall–Kier alpha value is -1.91. The lowest BCUT2D eigenvalue weighted by Crippen LogP contribution is -2.42. The second-order valence-electron chi connectivity index (χ2n) is 7.43. The van der Waals surface area contributed by atoms with Gasteiger partial charge in [-0.1, -0.05) is 25.3 Å². The van der Waals surface area contributed by atoms with Crippen LogP contribution in [0.4, 0.5) is 0 Å². The number of nitrogens with zero attached hydrogens (tertiary/aromatic N) is 1. The van der Waals surface area contributed by atoms with Gasteiger partial charge < -0.3 is 10.6 Å². The fourth-order valence-corrected chi connectivity index (χ4v) is 4.01. The predicted octanol–water partition coefficient (Wildman–Crippen LogP) is 2.95. The second-order valence-corrected chi connectivity index (χ2v) is 7.43. The van der Waals surface area contributed by atoms with E-state index in [9.17, 15) is 9.59 Å². The lowest BCUT2D eigenvalue weighted by Gasteiger charge is -2.29. The maximum absolute atomic E-state index is 12.4. The molecule has 2 fully saturated rings. The van der Waals surface area contributed by atoms with Crippen LogP contribution in [0, 0.1) is 11.8 Å². The van der Waals surface area contributed by atoms with E-state index in [2.05, 4.69) is 15.6 Å². The molecule has 2 aliphatic rings. The highest BCUT2D eigenvalue weighted by Crippen LogP contribution is 2.29. The molecule has 0 atom stereocenters. The van der Waals surface area contributed by atoms with Crippen LogP contribution in [0.25, 0.3) is 0 Å². The molecule has 0 radical (unpaired) electrons. The quantitative estimate of drug-likeness (QED) is 0.863. The summed E-state index contributed by atoms with van der Waals surface area (Å²) >= 11 is 0. The van der Waals surface area contributed by atoms with Crippen LogP contribution in [0.15, 0.2) is 24.4 Å². The van der Waals surface area contributed by atoms with Crippen molar-refractivity contribution in [3.63, 3.8) is 0 Å². The van der Waals surface area contributed by atoms with E-state index in [1.165, 1.54) is 19.3 Å². The monoisotopic (exact) mass is 343 g/mol. The van der Waals surface area contributed by atoms with E-state index >= 15 is 0 Å². The number of hydrogen-bond acceptors (Lipinski definition) is 3. The fourth-order valence-electron chi connectivity index (χ4n) is 4.01. The second kappa shape index (κ2) is 8.97. The van der Waals surface area contributed by atoms with Crippen LogP contribution in [0.3, 0.4) is 0 Å². The number of amides is 2. The third-order valence-electron chi connectivity index (χ3n) is 5.59. The molecule has 1 aromatic rings. The van der Waals surface area contributed by atoms with Crippen LogP contribution in [-0.4, -0.2) is 22.8 Å². The van der Waals surface area contributed by atoms with Gasteiger partial charge in [0.05, 0.1) is 12.2 Å². The number of hydrogen-bond donors (Lipinski definition) is 2. The first-order valence-corrected chi connectivity index (χ1v) is 9.70. The van der Waals surface area contributed by atoms with E-state index < -0.39 is 0 Å². The Morgan fingerprint density at radius 1 is 0.920 bits per heavy atom. The molecule has 2 saturated carbocycles. The van der Waals surface area contributed by atoms with Gasteiger partial charge >= 0.3 is 0 Å². The lowest BCUT2D eigenvalue weighted by molar-refractivity contribution is -0.131. The number of rotatable bonds is 5. The Bertz CT molecular complexity index is 562. The first-order chi connectivity index (χ1) is 12.2. The number of nitrogens with one attached hydrogen (secondary N) is 2. The van der Waals surface area contributed by atoms with Crippen LogP contribution in [0.2, 0.25) is 0 Å². The number of aromatic nitrogens is 1. The molecule has 5 heteroatoms. The lowest BCUT2D eigenvalue weighted by atomic mass is 9.81. The standard InChI is InChI=1S/C20H29N3O2/c24-19(22-14-18-8-4-5-13-21-18)15-9-11-16(12-10-15)20(25)23-17-6-2-1-3-7-17/h4-5,8,13,15-17H,1-3,6-7,9-12,14H2,(H,22,24)(H,23,25). The molecule has 0 aromatic carbocycles. The minimum atomic E-state index is 0.0300. The molecule has 0 saturated heterocycles.